The summed E-state index contributed by atoms with van der Waals surface area (Å²) in [6.45, 7) is 0. The molecule has 0 amide bonds. The Labute approximate surface area is 166 Å². The van der Waals surface area contributed by atoms with Crippen LogP contribution in [0.5, 0.6) is 0 Å². The van der Waals surface area contributed by atoms with E-state index in [-0.39, 0.29) is 21.4 Å². The summed E-state index contributed by atoms with van der Waals surface area (Å²) in [5, 5.41) is 11.1. The second kappa shape index (κ2) is 8.50. The highest BCUT2D eigenvalue weighted by atomic mass is 35.5. The van der Waals surface area contributed by atoms with Crippen molar-refractivity contribution in [1.29, 1.82) is 0 Å². The van der Waals surface area contributed by atoms with Crippen molar-refractivity contribution in [3.05, 3.63) is 104 Å². The molecule has 0 N–H and O–H groups in total. The highest BCUT2D eigenvalue weighted by Gasteiger charge is 2.13. The molecule has 0 fully saturated rings. The first-order valence-electron chi connectivity index (χ1n) is 7.87. The van der Waals surface area contributed by atoms with Crippen LogP contribution in [0.1, 0.15) is 16.7 Å². The van der Waals surface area contributed by atoms with Crippen molar-refractivity contribution in [3.8, 4) is 11.8 Å². The van der Waals surface area contributed by atoms with Gasteiger partial charge in [-0.2, -0.15) is 0 Å². The van der Waals surface area contributed by atoms with Crippen LogP contribution < -0.4 is 0 Å². The van der Waals surface area contributed by atoms with Crippen LogP contribution in [-0.4, -0.2) is 11.1 Å². The summed E-state index contributed by atoms with van der Waals surface area (Å²) in [7, 11) is 0. The van der Waals surface area contributed by atoms with Gasteiger partial charge in [-0.25, -0.2) is 0 Å². The van der Waals surface area contributed by atoms with Crippen LogP contribution in [0, 0.1) is 22.0 Å². The van der Waals surface area contributed by atoms with Gasteiger partial charge >= 0.3 is 0 Å². The third kappa shape index (κ3) is 4.95. The van der Waals surface area contributed by atoms with E-state index in [1.54, 1.807) is 6.21 Å². The van der Waals surface area contributed by atoms with Crippen LogP contribution in [0.3, 0.4) is 0 Å². The summed E-state index contributed by atoms with van der Waals surface area (Å²) in [6.07, 6.45) is 1.59. The molecule has 0 unspecified atom stereocenters. The maximum atomic E-state index is 10.8. The molecule has 3 rings (SSSR count). The molecular formula is C21H12Cl2N2O2. The lowest BCUT2D eigenvalue weighted by Gasteiger charge is -2.02. The molecule has 3 aromatic carbocycles. The van der Waals surface area contributed by atoms with Crippen molar-refractivity contribution in [2.45, 2.75) is 0 Å². The van der Waals surface area contributed by atoms with E-state index in [0.717, 1.165) is 16.7 Å². The molecule has 3 aromatic rings. The van der Waals surface area contributed by atoms with Gasteiger partial charge in [-0.1, -0.05) is 65.4 Å². The molecule has 0 heterocycles. The maximum Gasteiger partial charge on any atom is 0.272 e. The van der Waals surface area contributed by atoms with Gasteiger partial charge in [0.05, 0.1) is 15.0 Å². The Hall–Kier alpha value is -3.13. The summed E-state index contributed by atoms with van der Waals surface area (Å²) < 4.78 is 0. The van der Waals surface area contributed by atoms with Crippen molar-refractivity contribution in [3.63, 3.8) is 0 Å². The van der Waals surface area contributed by atoms with E-state index >= 15 is 0 Å². The molecular weight excluding hydrogens is 383 g/mol. The largest absolute Gasteiger partial charge is 0.272 e. The van der Waals surface area contributed by atoms with E-state index in [9.17, 15) is 10.1 Å². The van der Waals surface area contributed by atoms with Gasteiger partial charge in [0.2, 0.25) is 0 Å². The molecule has 0 aliphatic rings. The van der Waals surface area contributed by atoms with Gasteiger partial charge in [-0.3, -0.25) is 15.1 Å². The molecule has 0 bridgehead atoms. The zero-order valence-corrected chi connectivity index (χ0v) is 15.4. The SMILES string of the molecule is O=[N+]([O-])c1cc(Cl)c(N=Cc2ccc(C#Cc3ccccc3)cc2)c(Cl)c1. The van der Waals surface area contributed by atoms with E-state index in [1.807, 2.05) is 54.6 Å². The van der Waals surface area contributed by atoms with Crippen LogP contribution in [0.2, 0.25) is 10.0 Å². The van der Waals surface area contributed by atoms with E-state index in [4.69, 9.17) is 23.2 Å². The van der Waals surface area contributed by atoms with E-state index in [2.05, 4.69) is 16.8 Å². The second-order valence-corrected chi connectivity index (χ2v) is 6.33. The number of nitro benzene ring substituents is 1. The van der Waals surface area contributed by atoms with Crippen LogP contribution in [0.4, 0.5) is 11.4 Å². The molecule has 0 spiro atoms. The highest BCUT2D eigenvalue weighted by molar-refractivity contribution is 6.39. The van der Waals surface area contributed by atoms with Crippen molar-refractivity contribution in [2.24, 2.45) is 4.99 Å². The number of hydrogen-bond acceptors (Lipinski definition) is 3. The zero-order chi connectivity index (χ0) is 19.2. The normalized spacial score (nSPS) is 10.4. The third-order valence-corrected chi connectivity index (χ3v) is 4.17. The van der Waals surface area contributed by atoms with Gasteiger partial charge in [-0.05, 0) is 29.8 Å². The Morgan fingerprint density at radius 3 is 2.00 bits per heavy atom. The molecule has 6 heteroatoms. The van der Waals surface area contributed by atoms with Crippen molar-refractivity contribution in [2.75, 3.05) is 0 Å². The number of halogens is 2. The van der Waals surface area contributed by atoms with Gasteiger partial charge in [-0.15, -0.1) is 0 Å². The van der Waals surface area contributed by atoms with Crippen molar-refractivity contribution < 1.29 is 4.92 Å². The lowest BCUT2D eigenvalue weighted by Crippen LogP contribution is -1.88. The van der Waals surface area contributed by atoms with Crippen LogP contribution in [0.25, 0.3) is 0 Å². The molecule has 0 atom stereocenters. The first-order chi connectivity index (χ1) is 13.0. The lowest BCUT2D eigenvalue weighted by molar-refractivity contribution is -0.384. The van der Waals surface area contributed by atoms with Crippen LogP contribution >= 0.6 is 23.2 Å². The summed E-state index contributed by atoms with van der Waals surface area (Å²) in [6, 6.07) is 19.7. The molecule has 0 aliphatic carbocycles. The number of aliphatic imine (C=N–C) groups is 1. The van der Waals surface area contributed by atoms with Crippen LogP contribution in [-0.2, 0) is 0 Å². The molecule has 0 aromatic heterocycles. The molecule has 0 aliphatic heterocycles. The van der Waals surface area contributed by atoms with Crippen molar-refractivity contribution in [1.82, 2.24) is 0 Å². The Kier molecular flexibility index (Phi) is 5.87. The number of benzene rings is 3. The monoisotopic (exact) mass is 394 g/mol. The lowest BCUT2D eigenvalue weighted by atomic mass is 10.1. The van der Waals surface area contributed by atoms with E-state index in [1.165, 1.54) is 12.1 Å². The first-order valence-corrected chi connectivity index (χ1v) is 8.63. The molecule has 4 nitrogen and oxygen atoms in total. The summed E-state index contributed by atoms with van der Waals surface area (Å²) >= 11 is 12.1. The number of hydrogen-bond donors (Lipinski definition) is 0. The quantitative estimate of drug-likeness (QED) is 0.235. The first kappa shape index (κ1) is 18.7. The predicted molar refractivity (Wildman–Crippen MR) is 109 cm³/mol. The minimum absolute atomic E-state index is 0.121. The fourth-order valence-corrected chi connectivity index (χ4v) is 2.81. The van der Waals surface area contributed by atoms with Gasteiger partial charge in [0.15, 0.2) is 0 Å². The average Bonchev–Trinajstić information content (AvgIpc) is 2.67. The molecule has 132 valence electrons. The predicted octanol–water partition coefficient (Wildman–Crippen LogP) is 6.05. The molecule has 27 heavy (non-hydrogen) atoms. The number of nitro groups is 1. The van der Waals surface area contributed by atoms with E-state index < -0.39 is 4.92 Å². The second-order valence-electron chi connectivity index (χ2n) is 5.51. The number of nitrogens with zero attached hydrogens (tertiary/aromatic N) is 2. The number of rotatable bonds is 3. The Balaban J connectivity index is 1.77. The Morgan fingerprint density at radius 2 is 1.44 bits per heavy atom. The summed E-state index contributed by atoms with van der Waals surface area (Å²) in [4.78, 5) is 14.5. The highest BCUT2D eigenvalue weighted by Crippen LogP contribution is 2.36. The standard InChI is InChI=1S/C21H12Cl2N2O2/c22-19-12-18(25(26)27)13-20(23)21(19)24-14-17-10-8-16(9-11-17)7-6-15-4-2-1-3-5-15/h1-5,8-14H. The van der Waals surface area contributed by atoms with Gasteiger partial charge in [0.25, 0.3) is 5.69 Å². The summed E-state index contributed by atoms with van der Waals surface area (Å²) in [5.41, 5.74) is 2.76. The minimum atomic E-state index is -0.555. The summed E-state index contributed by atoms with van der Waals surface area (Å²) in [5.74, 6) is 6.19. The Bertz CT molecular complexity index is 1040. The molecule has 0 radical (unpaired) electrons. The van der Waals surface area contributed by atoms with Gasteiger partial charge in [0.1, 0.15) is 5.69 Å². The van der Waals surface area contributed by atoms with Crippen molar-refractivity contribution >= 4 is 40.8 Å². The smallest absolute Gasteiger partial charge is 0.258 e. The van der Waals surface area contributed by atoms with Crippen LogP contribution in [0.15, 0.2) is 71.7 Å². The molecule has 0 saturated heterocycles. The van der Waals surface area contributed by atoms with Gasteiger partial charge < -0.3 is 0 Å². The fourth-order valence-electron chi connectivity index (χ4n) is 2.24. The fraction of sp³-hybridized carbons (Fsp3) is 0. The van der Waals surface area contributed by atoms with Gasteiger partial charge in [0, 0.05) is 29.5 Å². The molecule has 0 saturated carbocycles. The number of non-ortho nitro benzene ring substituents is 1. The third-order valence-electron chi connectivity index (χ3n) is 3.59. The minimum Gasteiger partial charge on any atom is -0.258 e. The maximum absolute atomic E-state index is 10.8. The Morgan fingerprint density at radius 1 is 0.889 bits per heavy atom. The van der Waals surface area contributed by atoms with E-state index in [0.29, 0.717) is 0 Å². The zero-order valence-electron chi connectivity index (χ0n) is 13.9. The topological polar surface area (TPSA) is 55.5 Å². The average molecular weight is 395 g/mol.